The molecule has 0 unspecified atom stereocenters. The minimum absolute atomic E-state index is 0.589. The van der Waals surface area contributed by atoms with Crippen molar-refractivity contribution in [2.45, 2.75) is 20.0 Å². The number of thiazole rings is 1. The van der Waals surface area contributed by atoms with E-state index >= 15 is 0 Å². The molecule has 1 N–H and O–H groups in total. The molecule has 0 spiro atoms. The Bertz CT molecular complexity index is 496. The maximum Gasteiger partial charge on any atom is 0.119 e. The number of ether oxygens (including phenoxy) is 1. The first-order valence-corrected chi connectivity index (χ1v) is 7.40. The lowest BCUT2D eigenvalue weighted by Gasteiger charge is -2.03. The standard InChI is InChI=1S/C15H20N2OS/c1-3-16-10-9-13-15(12-7-5-4-6-8-12)17-14(19-13)11-18-2/h4-8,16H,3,9-11H2,1-2H3. The second-order valence-electron chi connectivity index (χ2n) is 4.28. The molecule has 3 nitrogen and oxygen atoms in total. The molecule has 102 valence electrons. The van der Waals surface area contributed by atoms with Gasteiger partial charge in [-0.3, -0.25) is 0 Å². The highest BCUT2D eigenvalue weighted by atomic mass is 32.1. The normalized spacial score (nSPS) is 10.8. The molecule has 2 rings (SSSR count). The molecule has 1 aromatic heterocycles. The number of hydrogen-bond acceptors (Lipinski definition) is 4. The molecule has 19 heavy (non-hydrogen) atoms. The molecule has 2 aromatic rings. The van der Waals surface area contributed by atoms with Crippen molar-refractivity contribution in [3.8, 4) is 11.3 Å². The fraction of sp³-hybridized carbons (Fsp3) is 0.400. The topological polar surface area (TPSA) is 34.1 Å². The maximum atomic E-state index is 5.19. The molecule has 1 heterocycles. The lowest BCUT2D eigenvalue weighted by Crippen LogP contribution is -2.15. The van der Waals surface area contributed by atoms with Crippen molar-refractivity contribution < 1.29 is 4.74 Å². The van der Waals surface area contributed by atoms with Crippen molar-refractivity contribution in [3.05, 3.63) is 40.2 Å². The molecule has 0 aliphatic rings. The Hall–Kier alpha value is -1.23. The zero-order valence-electron chi connectivity index (χ0n) is 11.5. The summed E-state index contributed by atoms with van der Waals surface area (Å²) in [5.41, 5.74) is 2.29. The van der Waals surface area contributed by atoms with E-state index in [1.807, 2.05) is 6.07 Å². The van der Waals surface area contributed by atoms with Gasteiger partial charge in [0.05, 0.1) is 12.3 Å². The van der Waals surface area contributed by atoms with Crippen molar-refractivity contribution in [3.63, 3.8) is 0 Å². The van der Waals surface area contributed by atoms with Crippen molar-refractivity contribution in [1.29, 1.82) is 0 Å². The van der Waals surface area contributed by atoms with E-state index in [0.29, 0.717) is 6.61 Å². The Morgan fingerprint density at radius 2 is 2.05 bits per heavy atom. The molecule has 0 aliphatic heterocycles. The predicted molar refractivity (Wildman–Crippen MR) is 80.5 cm³/mol. The minimum Gasteiger partial charge on any atom is -0.378 e. The number of nitrogens with one attached hydrogen (secondary N) is 1. The summed E-state index contributed by atoms with van der Waals surface area (Å²) in [5, 5.41) is 4.41. The summed E-state index contributed by atoms with van der Waals surface area (Å²) in [7, 11) is 1.71. The number of methoxy groups -OCH3 is 1. The molecule has 0 saturated carbocycles. The van der Waals surface area contributed by atoms with Gasteiger partial charge in [0, 0.05) is 24.1 Å². The Kier molecular flexibility index (Phi) is 5.51. The summed E-state index contributed by atoms with van der Waals surface area (Å²) in [6.45, 7) is 4.71. The van der Waals surface area contributed by atoms with Gasteiger partial charge in [-0.05, 0) is 13.0 Å². The summed E-state index contributed by atoms with van der Waals surface area (Å²) >= 11 is 1.75. The highest BCUT2D eigenvalue weighted by Crippen LogP contribution is 2.28. The van der Waals surface area contributed by atoms with Gasteiger partial charge in [0.15, 0.2) is 0 Å². The molecule has 0 saturated heterocycles. The molecule has 0 aliphatic carbocycles. The first-order valence-electron chi connectivity index (χ1n) is 6.58. The van der Waals surface area contributed by atoms with Crippen LogP contribution in [-0.2, 0) is 17.8 Å². The summed E-state index contributed by atoms with van der Waals surface area (Å²) in [5.74, 6) is 0. The van der Waals surface area contributed by atoms with Crippen LogP contribution in [0.15, 0.2) is 30.3 Å². The predicted octanol–water partition coefficient (Wildman–Crippen LogP) is 3.11. The average molecular weight is 276 g/mol. The number of aromatic nitrogens is 1. The fourth-order valence-electron chi connectivity index (χ4n) is 1.96. The highest BCUT2D eigenvalue weighted by molar-refractivity contribution is 7.12. The molecule has 0 atom stereocenters. The van der Waals surface area contributed by atoms with Gasteiger partial charge in [0.1, 0.15) is 5.01 Å². The largest absolute Gasteiger partial charge is 0.378 e. The number of nitrogens with zero attached hydrogens (tertiary/aromatic N) is 1. The minimum atomic E-state index is 0.589. The molecule has 0 radical (unpaired) electrons. The van der Waals surface area contributed by atoms with Gasteiger partial charge in [-0.25, -0.2) is 4.98 Å². The van der Waals surface area contributed by atoms with Crippen LogP contribution < -0.4 is 5.32 Å². The Labute approximate surface area is 118 Å². The fourth-order valence-corrected chi connectivity index (χ4v) is 3.02. The highest BCUT2D eigenvalue weighted by Gasteiger charge is 2.12. The molecule has 0 amide bonds. The third kappa shape index (κ3) is 3.86. The van der Waals surface area contributed by atoms with Gasteiger partial charge in [0.25, 0.3) is 0 Å². The zero-order valence-corrected chi connectivity index (χ0v) is 12.3. The molecule has 0 fully saturated rings. The number of likely N-dealkylation sites (N-methyl/N-ethyl adjacent to an activating group) is 1. The van der Waals surface area contributed by atoms with Gasteiger partial charge < -0.3 is 10.1 Å². The lowest BCUT2D eigenvalue weighted by molar-refractivity contribution is 0.184. The van der Waals surface area contributed by atoms with E-state index in [-0.39, 0.29) is 0 Å². The van der Waals surface area contributed by atoms with Crippen LogP contribution in [0.3, 0.4) is 0 Å². The average Bonchev–Trinajstić information content (AvgIpc) is 2.84. The quantitative estimate of drug-likeness (QED) is 0.789. The Morgan fingerprint density at radius 3 is 2.74 bits per heavy atom. The van der Waals surface area contributed by atoms with Crippen LogP contribution in [0.4, 0.5) is 0 Å². The van der Waals surface area contributed by atoms with Crippen molar-refractivity contribution >= 4 is 11.3 Å². The zero-order chi connectivity index (χ0) is 13.5. The molecular formula is C15H20N2OS. The van der Waals surface area contributed by atoms with E-state index in [9.17, 15) is 0 Å². The van der Waals surface area contributed by atoms with E-state index in [4.69, 9.17) is 9.72 Å². The lowest BCUT2D eigenvalue weighted by atomic mass is 10.1. The summed E-state index contributed by atoms with van der Waals surface area (Å²) in [4.78, 5) is 6.05. The Balaban J connectivity index is 2.23. The van der Waals surface area contributed by atoms with Gasteiger partial charge in [-0.1, -0.05) is 37.3 Å². The number of benzene rings is 1. The van der Waals surface area contributed by atoms with Crippen molar-refractivity contribution in [2.75, 3.05) is 20.2 Å². The van der Waals surface area contributed by atoms with Crippen LogP contribution >= 0.6 is 11.3 Å². The van der Waals surface area contributed by atoms with Crippen molar-refractivity contribution in [1.82, 2.24) is 10.3 Å². The molecule has 1 aromatic carbocycles. The van der Waals surface area contributed by atoms with Crippen LogP contribution in [0.25, 0.3) is 11.3 Å². The van der Waals surface area contributed by atoms with Crippen LogP contribution in [-0.4, -0.2) is 25.2 Å². The molecule has 4 heteroatoms. The van der Waals surface area contributed by atoms with E-state index < -0.39 is 0 Å². The van der Waals surface area contributed by atoms with Crippen LogP contribution in [0.5, 0.6) is 0 Å². The van der Waals surface area contributed by atoms with Gasteiger partial charge in [-0.2, -0.15) is 0 Å². The SMILES string of the molecule is CCNCCc1sc(COC)nc1-c1ccccc1. The second-order valence-corrected chi connectivity index (χ2v) is 5.45. The Morgan fingerprint density at radius 1 is 1.26 bits per heavy atom. The van der Waals surface area contributed by atoms with Gasteiger partial charge in [0.2, 0.25) is 0 Å². The molecular weight excluding hydrogens is 256 g/mol. The van der Waals surface area contributed by atoms with Crippen LogP contribution in [0.2, 0.25) is 0 Å². The van der Waals surface area contributed by atoms with E-state index in [1.165, 1.54) is 10.4 Å². The number of hydrogen-bond donors (Lipinski definition) is 1. The third-order valence-electron chi connectivity index (χ3n) is 2.84. The van der Waals surface area contributed by atoms with E-state index in [1.54, 1.807) is 18.4 Å². The third-order valence-corrected chi connectivity index (χ3v) is 3.92. The second kappa shape index (κ2) is 7.38. The van der Waals surface area contributed by atoms with E-state index in [0.717, 1.165) is 30.2 Å². The monoisotopic (exact) mass is 276 g/mol. The molecule has 0 bridgehead atoms. The first kappa shape index (κ1) is 14.2. The van der Waals surface area contributed by atoms with Crippen molar-refractivity contribution in [2.24, 2.45) is 0 Å². The smallest absolute Gasteiger partial charge is 0.119 e. The van der Waals surface area contributed by atoms with E-state index in [2.05, 4.69) is 36.5 Å². The summed E-state index contributed by atoms with van der Waals surface area (Å²) in [6.07, 6.45) is 1.01. The van der Waals surface area contributed by atoms with Gasteiger partial charge >= 0.3 is 0 Å². The van der Waals surface area contributed by atoms with Crippen LogP contribution in [0, 0.1) is 0 Å². The van der Waals surface area contributed by atoms with Gasteiger partial charge in [-0.15, -0.1) is 11.3 Å². The first-order chi connectivity index (χ1) is 9.35. The summed E-state index contributed by atoms with van der Waals surface area (Å²) < 4.78 is 5.19. The maximum absolute atomic E-state index is 5.19. The number of rotatable bonds is 7. The summed E-state index contributed by atoms with van der Waals surface area (Å²) in [6, 6.07) is 10.4. The van der Waals surface area contributed by atoms with Crippen LogP contribution in [0.1, 0.15) is 16.8 Å².